The summed E-state index contributed by atoms with van der Waals surface area (Å²) >= 11 is 0. The van der Waals surface area contributed by atoms with E-state index in [1.165, 1.54) is 60.8 Å². The predicted octanol–water partition coefficient (Wildman–Crippen LogP) is 11.8. The molecule has 0 spiro atoms. The summed E-state index contributed by atoms with van der Waals surface area (Å²) in [6.45, 7) is 4.75. The first-order valence-electron chi connectivity index (χ1n) is 18.3. The molecule has 2 heterocycles. The summed E-state index contributed by atoms with van der Waals surface area (Å²) in [5.41, 5.74) is 15.9. The van der Waals surface area contributed by atoms with Crippen molar-refractivity contribution in [2.24, 2.45) is 0 Å². The Labute approximate surface area is 308 Å². The molecule has 7 aromatic carbocycles. The van der Waals surface area contributed by atoms with Gasteiger partial charge in [-0.05, 0) is 68.3 Å². The molecule has 0 unspecified atom stereocenters. The molecule has 53 heavy (non-hydrogen) atoms. The van der Waals surface area contributed by atoms with Crippen molar-refractivity contribution in [1.29, 1.82) is 0 Å². The molecule has 0 bridgehead atoms. The van der Waals surface area contributed by atoms with E-state index in [0.29, 0.717) is 17.6 Å². The molecule has 0 amide bonds. The highest BCUT2D eigenvalue weighted by atomic mass is 15.2. The standard InChI is InChI=1S/C49H34N4/c1-49(2)41-27-32(45-37-22-11-9-19-33(37)34-20-10-12-23-38(34)45)25-26-35(41)39-28-40-36-21-13-14-24-43(36)53(44(40)29-42(39)49)48-51-46(30-15-5-3-6-16-30)50-47(52-48)31-17-7-4-8-18-31/h3-29,45H,1-2H3. The molecule has 2 aliphatic rings. The summed E-state index contributed by atoms with van der Waals surface area (Å²) in [5.74, 6) is 2.12. The zero-order valence-corrected chi connectivity index (χ0v) is 29.5. The second kappa shape index (κ2) is 11.2. The largest absolute Gasteiger partial charge is 0.278 e. The fourth-order valence-electron chi connectivity index (χ4n) is 9.02. The van der Waals surface area contributed by atoms with Crippen LogP contribution in [-0.2, 0) is 5.41 Å². The molecule has 0 N–H and O–H groups in total. The van der Waals surface area contributed by atoms with Crippen LogP contribution in [0.5, 0.6) is 0 Å². The molecular formula is C49H34N4. The molecule has 0 radical (unpaired) electrons. The van der Waals surface area contributed by atoms with Gasteiger partial charge in [0.05, 0.1) is 11.0 Å². The Morgan fingerprint density at radius 2 is 1.02 bits per heavy atom. The Kier molecular flexibility index (Phi) is 6.33. The molecule has 4 heteroatoms. The first-order chi connectivity index (χ1) is 26.0. The third-order valence-corrected chi connectivity index (χ3v) is 11.5. The van der Waals surface area contributed by atoms with Gasteiger partial charge in [0.1, 0.15) is 0 Å². The maximum atomic E-state index is 5.17. The molecule has 9 aromatic rings. The number of nitrogens with zero attached hydrogens (tertiary/aromatic N) is 4. The molecule has 4 nitrogen and oxygen atoms in total. The Bertz CT molecular complexity index is 2820. The number of para-hydroxylation sites is 1. The molecule has 250 valence electrons. The van der Waals surface area contributed by atoms with Gasteiger partial charge in [0, 0.05) is 33.2 Å². The zero-order chi connectivity index (χ0) is 35.3. The van der Waals surface area contributed by atoms with Crippen molar-refractivity contribution in [2.75, 3.05) is 0 Å². The van der Waals surface area contributed by atoms with Crippen LogP contribution in [0, 0.1) is 0 Å². The van der Waals surface area contributed by atoms with Gasteiger partial charge in [0.2, 0.25) is 5.95 Å². The minimum Gasteiger partial charge on any atom is -0.278 e. The molecule has 0 saturated heterocycles. The monoisotopic (exact) mass is 678 g/mol. The van der Waals surface area contributed by atoms with Gasteiger partial charge in [-0.2, -0.15) is 9.97 Å². The highest BCUT2D eigenvalue weighted by Gasteiger charge is 2.38. The Morgan fingerprint density at radius 3 is 1.68 bits per heavy atom. The van der Waals surface area contributed by atoms with E-state index in [1.807, 2.05) is 36.4 Å². The highest BCUT2D eigenvalue weighted by Crippen LogP contribution is 2.54. The van der Waals surface area contributed by atoms with Crippen LogP contribution in [0.3, 0.4) is 0 Å². The predicted molar refractivity (Wildman–Crippen MR) is 215 cm³/mol. The van der Waals surface area contributed by atoms with Gasteiger partial charge in [0.15, 0.2) is 11.6 Å². The van der Waals surface area contributed by atoms with Crippen molar-refractivity contribution in [3.05, 3.63) is 192 Å². The van der Waals surface area contributed by atoms with Gasteiger partial charge < -0.3 is 0 Å². The average Bonchev–Trinajstić information content (AvgIpc) is 3.80. The Balaban J connectivity index is 1.12. The lowest BCUT2D eigenvalue weighted by Gasteiger charge is -2.23. The van der Waals surface area contributed by atoms with Crippen LogP contribution >= 0.6 is 0 Å². The Morgan fingerprint density at radius 1 is 0.453 bits per heavy atom. The number of hydrogen-bond acceptors (Lipinski definition) is 3. The van der Waals surface area contributed by atoms with Crippen LogP contribution < -0.4 is 0 Å². The summed E-state index contributed by atoms with van der Waals surface area (Å²) < 4.78 is 2.24. The third-order valence-electron chi connectivity index (χ3n) is 11.5. The lowest BCUT2D eigenvalue weighted by molar-refractivity contribution is 0.659. The van der Waals surface area contributed by atoms with Gasteiger partial charge in [-0.3, -0.25) is 4.57 Å². The van der Waals surface area contributed by atoms with Crippen molar-refractivity contribution < 1.29 is 0 Å². The molecule has 2 aromatic heterocycles. The lowest BCUT2D eigenvalue weighted by Crippen LogP contribution is -2.16. The summed E-state index contributed by atoms with van der Waals surface area (Å²) in [4.78, 5) is 15.3. The van der Waals surface area contributed by atoms with Gasteiger partial charge in [-0.15, -0.1) is 0 Å². The average molecular weight is 679 g/mol. The number of rotatable bonds is 4. The molecule has 0 atom stereocenters. The first-order valence-corrected chi connectivity index (χ1v) is 18.3. The van der Waals surface area contributed by atoms with Crippen LogP contribution in [0.1, 0.15) is 47.6 Å². The van der Waals surface area contributed by atoms with E-state index in [1.54, 1.807) is 0 Å². The van der Waals surface area contributed by atoms with Gasteiger partial charge in [0.25, 0.3) is 0 Å². The summed E-state index contributed by atoms with van der Waals surface area (Å²) in [5, 5.41) is 2.36. The number of fused-ring (bicyclic) bond motifs is 9. The van der Waals surface area contributed by atoms with Gasteiger partial charge >= 0.3 is 0 Å². The first kappa shape index (κ1) is 30.0. The van der Waals surface area contributed by atoms with E-state index in [0.717, 1.165) is 22.2 Å². The van der Waals surface area contributed by atoms with Crippen LogP contribution in [-0.4, -0.2) is 19.5 Å². The quantitative estimate of drug-likeness (QED) is 0.186. The topological polar surface area (TPSA) is 43.6 Å². The van der Waals surface area contributed by atoms with Crippen molar-refractivity contribution in [2.45, 2.75) is 25.2 Å². The van der Waals surface area contributed by atoms with Crippen LogP contribution in [0.25, 0.3) is 72.8 Å². The summed E-state index contributed by atoms with van der Waals surface area (Å²) in [7, 11) is 0. The summed E-state index contributed by atoms with van der Waals surface area (Å²) in [6.07, 6.45) is 0. The molecule has 0 saturated carbocycles. The molecule has 11 rings (SSSR count). The molecule has 0 fully saturated rings. The minimum atomic E-state index is -0.225. The summed E-state index contributed by atoms with van der Waals surface area (Å²) in [6, 6.07) is 58.8. The van der Waals surface area contributed by atoms with Crippen LogP contribution in [0.2, 0.25) is 0 Å². The van der Waals surface area contributed by atoms with Crippen molar-refractivity contribution >= 4 is 21.8 Å². The van der Waals surface area contributed by atoms with Crippen molar-refractivity contribution in [3.63, 3.8) is 0 Å². The second-order valence-electron chi connectivity index (χ2n) is 14.8. The minimum absolute atomic E-state index is 0.209. The number of hydrogen-bond donors (Lipinski definition) is 0. The SMILES string of the molecule is CC1(C)c2cc(C3c4ccccc4-c4ccccc43)ccc2-c2cc3c4ccccc4n(-c4nc(-c5ccccc5)nc(-c5ccccc5)n4)c3cc21. The maximum Gasteiger partial charge on any atom is 0.238 e. The van der Waals surface area contributed by atoms with Crippen LogP contribution in [0.15, 0.2) is 164 Å². The van der Waals surface area contributed by atoms with E-state index in [9.17, 15) is 0 Å². The number of benzene rings is 7. The normalized spacial score (nSPS) is 13.9. The zero-order valence-electron chi connectivity index (χ0n) is 29.5. The van der Waals surface area contributed by atoms with E-state index >= 15 is 0 Å². The fraction of sp³-hybridized carbons (Fsp3) is 0.0816. The highest BCUT2D eigenvalue weighted by molar-refractivity contribution is 6.11. The van der Waals surface area contributed by atoms with Crippen molar-refractivity contribution in [3.8, 4) is 51.0 Å². The van der Waals surface area contributed by atoms with Gasteiger partial charge in [-0.1, -0.05) is 159 Å². The van der Waals surface area contributed by atoms with Gasteiger partial charge in [-0.25, -0.2) is 4.98 Å². The van der Waals surface area contributed by atoms with E-state index in [4.69, 9.17) is 15.0 Å². The molecular weight excluding hydrogens is 645 g/mol. The van der Waals surface area contributed by atoms with E-state index < -0.39 is 0 Å². The van der Waals surface area contributed by atoms with Crippen molar-refractivity contribution in [1.82, 2.24) is 19.5 Å². The fourth-order valence-corrected chi connectivity index (χ4v) is 9.02. The smallest absolute Gasteiger partial charge is 0.238 e. The lowest BCUT2D eigenvalue weighted by atomic mass is 9.80. The van der Waals surface area contributed by atoms with E-state index in [-0.39, 0.29) is 11.3 Å². The number of aromatic nitrogens is 4. The molecule has 0 aliphatic heterocycles. The van der Waals surface area contributed by atoms with Crippen LogP contribution in [0.4, 0.5) is 0 Å². The third kappa shape index (κ3) is 4.39. The second-order valence-corrected chi connectivity index (χ2v) is 14.8. The maximum absolute atomic E-state index is 5.17. The Hall–Kier alpha value is -6.65. The van der Waals surface area contributed by atoms with E-state index in [2.05, 4.69) is 146 Å². The molecule has 2 aliphatic carbocycles.